The Hall–Kier alpha value is -5.21. The Labute approximate surface area is 286 Å². The molecule has 0 unspecified atom stereocenters. The van der Waals surface area contributed by atoms with E-state index in [2.05, 4.69) is 36.2 Å². The summed E-state index contributed by atoms with van der Waals surface area (Å²) in [6.45, 7) is 6.38. The zero-order chi connectivity index (χ0) is 35.0. The summed E-state index contributed by atoms with van der Waals surface area (Å²) in [6.07, 6.45) is 4.52. The molecule has 0 radical (unpaired) electrons. The molecule has 0 fully saturated rings. The fourth-order valence-electron chi connectivity index (χ4n) is 4.93. The Morgan fingerprint density at radius 1 is 0.667 bits per heavy atom. The maximum atomic E-state index is 13.2. The van der Waals surface area contributed by atoms with Crippen molar-refractivity contribution in [2.24, 2.45) is 5.73 Å². The molecular weight excluding hydrogens is 661 g/mol. The smallest absolute Gasteiger partial charge is 0.272 e. The van der Waals surface area contributed by atoms with Gasteiger partial charge in [0.15, 0.2) is 0 Å². The average Bonchev–Trinajstić information content (AvgIpc) is 3.73. The molecule has 16 heteroatoms. The van der Waals surface area contributed by atoms with Crippen LogP contribution in [0, 0.1) is 20.8 Å². The van der Waals surface area contributed by atoms with Gasteiger partial charge in [-0.05, 0) is 45.0 Å². The Kier molecular flexibility index (Phi) is 11.9. The van der Waals surface area contributed by atoms with Gasteiger partial charge in [0, 0.05) is 84.3 Å². The highest BCUT2D eigenvalue weighted by Crippen LogP contribution is 2.25. The van der Waals surface area contributed by atoms with Crippen molar-refractivity contribution in [3.05, 3.63) is 82.2 Å². The maximum Gasteiger partial charge on any atom is 0.272 e. The van der Waals surface area contributed by atoms with Crippen LogP contribution in [-0.2, 0) is 4.79 Å². The molecule has 0 bridgehead atoms. The number of hydrogen-bond donors (Lipinski definition) is 8. The van der Waals surface area contributed by atoms with Gasteiger partial charge in [-0.3, -0.25) is 24.0 Å². The van der Waals surface area contributed by atoms with Crippen molar-refractivity contribution in [1.82, 2.24) is 20.3 Å². The first kappa shape index (κ1) is 35.6. The standard InChI is InChI=1S/C32H37Cl2N9O5/c1-17-23(15-37-26(17)30(46)36-11-8-25(35)44)41-32(48)28-19(3)24(16-39-28)42-31(47)27-18(2)22(14-38-27)40-29(45)20-4-6-21(7-5-20)43(12-9-33)13-10-34/h4-7,14-16,37-39H,8-13H2,1-3H3,(H2,35,44)(H,36,46)(H,40,45)(H,41,48)(H,42,47). The molecule has 1 aromatic carbocycles. The van der Waals surface area contributed by atoms with E-state index in [0.717, 1.165) is 5.69 Å². The highest BCUT2D eigenvalue weighted by Gasteiger charge is 2.22. The lowest BCUT2D eigenvalue weighted by Crippen LogP contribution is -2.28. The number of anilines is 4. The summed E-state index contributed by atoms with van der Waals surface area (Å²) in [7, 11) is 0. The van der Waals surface area contributed by atoms with E-state index in [1.54, 1.807) is 32.9 Å². The summed E-state index contributed by atoms with van der Waals surface area (Å²) in [5, 5.41) is 11.0. The normalized spacial score (nSPS) is 10.8. The molecule has 0 saturated heterocycles. The van der Waals surface area contributed by atoms with Crippen LogP contribution in [0.5, 0.6) is 0 Å². The lowest BCUT2D eigenvalue weighted by atomic mass is 10.1. The molecule has 0 atom stereocenters. The van der Waals surface area contributed by atoms with Gasteiger partial charge in [-0.2, -0.15) is 0 Å². The van der Waals surface area contributed by atoms with Crippen molar-refractivity contribution in [2.75, 3.05) is 52.2 Å². The van der Waals surface area contributed by atoms with Gasteiger partial charge in [-0.25, -0.2) is 0 Å². The first-order chi connectivity index (χ1) is 22.9. The number of carbonyl (C=O) groups excluding carboxylic acids is 5. The minimum Gasteiger partial charge on any atom is -0.370 e. The van der Waals surface area contributed by atoms with Crippen LogP contribution in [-0.4, -0.2) is 75.9 Å². The summed E-state index contributed by atoms with van der Waals surface area (Å²) in [4.78, 5) is 73.3. The Bertz CT molecular complexity index is 1800. The summed E-state index contributed by atoms with van der Waals surface area (Å²) in [5.74, 6) is -1.39. The van der Waals surface area contributed by atoms with Crippen LogP contribution in [0.1, 0.15) is 64.9 Å². The molecule has 0 aliphatic heterocycles. The summed E-state index contributed by atoms with van der Waals surface area (Å²) in [6, 6.07) is 7.08. The minimum absolute atomic E-state index is 0.00200. The fourth-order valence-corrected chi connectivity index (χ4v) is 5.34. The van der Waals surface area contributed by atoms with Crippen LogP contribution in [0.25, 0.3) is 0 Å². The molecule has 9 N–H and O–H groups in total. The highest BCUT2D eigenvalue weighted by molar-refractivity contribution is 6.18. The topological polar surface area (TPSA) is 210 Å². The highest BCUT2D eigenvalue weighted by atomic mass is 35.5. The number of halogens is 2. The van der Waals surface area contributed by atoms with Crippen molar-refractivity contribution in [1.29, 1.82) is 0 Å². The van der Waals surface area contributed by atoms with Gasteiger partial charge in [0.1, 0.15) is 17.1 Å². The van der Waals surface area contributed by atoms with E-state index in [-0.39, 0.29) is 36.0 Å². The van der Waals surface area contributed by atoms with Gasteiger partial charge in [0.2, 0.25) is 5.91 Å². The lowest BCUT2D eigenvalue weighted by Gasteiger charge is -2.22. The number of benzene rings is 1. The first-order valence-corrected chi connectivity index (χ1v) is 16.0. The molecule has 3 aromatic heterocycles. The molecule has 0 spiro atoms. The minimum atomic E-state index is -0.534. The zero-order valence-corrected chi connectivity index (χ0v) is 28.1. The maximum absolute atomic E-state index is 13.2. The van der Waals surface area contributed by atoms with Crippen molar-refractivity contribution in [2.45, 2.75) is 27.2 Å². The number of H-pyrrole nitrogens is 3. The molecular formula is C32H37Cl2N9O5. The summed E-state index contributed by atoms with van der Waals surface area (Å²) >= 11 is 11.8. The number of nitrogens with two attached hydrogens (primary N) is 1. The molecule has 5 amide bonds. The van der Waals surface area contributed by atoms with Gasteiger partial charge >= 0.3 is 0 Å². The second kappa shape index (κ2) is 16.1. The number of primary amides is 1. The molecule has 48 heavy (non-hydrogen) atoms. The average molecular weight is 699 g/mol. The molecule has 14 nitrogen and oxygen atoms in total. The van der Waals surface area contributed by atoms with Gasteiger partial charge in [-0.15, -0.1) is 23.2 Å². The number of amides is 5. The molecule has 0 saturated carbocycles. The molecule has 254 valence electrons. The van der Waals surface area contributed by atoms with Gasteiger partial charge < -0.3 is 46.9 Å². The lowest BCUT2D eigenvalue weighted by molar-refractivity contribution is -0.117. The second-order valence-electron chi connectivity index (χ2n) is 10.9. The number of alkyl halides is 2. The summed E-state index contributed by atoms with van der Waals surface area (Å²) in [5.41, 5.74) is 9.80. The third kappa shape index (κ3) is 8.38. The molecule has 3 heterocycles. The summed E-state index contributed by atoms with van der Waals surface area (Å²) < 4.78 is 0. The monoisotopic (exact) mass is 697 g/mol. The van der Waals surface area contributed by atoms with E-state index in [4.69, 9.17) is 28.9 Å². The molecule has 0 aliphatic rings. The van der Waals surface area contributed by atoms with Crippen molar-refractivity contribution < 1.29 is 24.0 Å². The van der Waals surface area contributed by atoms with E-state index in [0.29, 0.717) is 64.2 Å². The molecule has 0 aliphatic carbocycles. The Morgan fingerprint density at radius 3 is 1.50 bits per heavy atom. The van der Waals surface area contributed by atoms with Crippen LogP contribution < -0.4 is 31.9 Å². The van der Waals surface area contributed by atoms with E-state index >= 15 is 0 Å². The van der Waals surface area contributed by atoms with Gasteiger partial charge in [0.25, 0.3) is 23.6 Å². The van der Waals surface area contributed by atoms with Crippen molar-refractivity contribution >= 4 is 75.5 Å². The third-order valence-electron chi connectivity index (χ3n) is 7.71. The zero-order valence-electron chi connectivity index (χ0n) is 26.6. The van der Waals surface area contributed by atoms with Crippen LogP contribution in [0.4, 0.5) is 22.7 Å². The second-order valence-corrected chi connectivity index (χ2v) is 11.6. The third-order valence-corrected chi connectivity index (χ3v) is 8.04. The Balaban J connectivity index is 1.37. The molecule has 4 aromatic rings. The fraction of sp³-hybridized carbons (Fsp3) is 0.281. The van der Waals surface area contributed by atoms with Crippen LogP contribution >= 0.6 is 23.2 Å². The van der Waals surface area contributed by atoms with Crippen LogP contribution in [0.3, 0.4) is 0 Å². The SMILES string of the molecule is Cc1c(NC(=O)c2ccc(N(CCCl)CCCl)cc2)c[nH]c1C(=O)Nc1c[nH]c(C(=O)Nc2c[nH]c(C(=O)NCCC(N)=O)c2C)c1C. The largest absolute Gasteiger partial charge is 0.370 e. The quantitative estimate of drug-likeness (QED) is 0.0851. The number of aromatic nitrogens is 3. The Morgan fingerprint density at radius 2 is 1.08 bits per heavy atom. The number of rotatable bonds is 15. The number of nitrogens with zero attached hydrogens (tertiary/aromatic N) is 1. The predicted molar refractivity (Wildman–Crippen MR) is 187 cm³/mol. The van der Waals surface area contributed by atoms with E-state index in [1.165, 1.54) is 18.6 Å². The van der Waals surface area contributed by atoms with E-state index < -0.39 is 23.6 Å². The van der Waals surface area contributed by atoms with Crippen LogP contribution in [0.15, 0.2) is 42.9 Å². The number of carbonyl (C=O) groups is 5. The van der Waals surface area contributed by atoms with Gasteiger partial charge in [-0.1, -0.05) is 0 Å². The number of hydrogen-bond acceptors (Lipinski definition) is 6. The van der Waals surface area contributed by atoms with Gasteiger partial charge in [0.05, 0.1) is 17.1 Å². The van der Waals surface area contributed by atoms with E-state index in [1.807, 2.05) is 17.0 Å². The molecule has 4 rings (SSSR count). The number of aromatic amines is 3. The van der Waals surface area contributed by atoms with E-state index in [9.17, 15) is 24.0 Å². The van der Waals surface area contributed by atoms with Crippen LogP contribution in [0.2, 0.25) is 0 Å². The number of nitrogens with one attached hydrogen (secondary N) is 7. The predicted octanol–water partition coefficient (Wildman–Crippen LogP) is 4.24. The van der Waals surface area contributed by atoms with Crippen molar-refractivity contribution in [3.63, 3.8) is 0 Å². The van der Waals surface area contributed by atoms with Crippen molar-refractivity contribution in [3.8, 4) is 0 Å². The first-order valence-electron chi connectivity index (χ1n) is 15.0.